The lowest BCUT2D eigenvalue weighted by Crippen LogP contribution is -2.17. The summed E-state index contributed by atoms with van der Waals surface area (Å²) < 4.78 is 7.72. The third-order valence-electron chi connectivity index (χ3n) is 4.17. The summed E-state index contributed by atoms with van der Waals surface area (Å²) >= 11 is 0. The summed E-state index contributed by atoms with van der Waals surface area (Å²) in [7, 11) is 2.02. The molecule has 4 heteroatoms. The van der Waals surface area contributed by atoms with Gasteiger partial charge in [-0.3, -0.25) is 4.68 Å². The highest BCUT2D eigenvalue weighted by Crippen LogP contribution is 2.25. The van der Waals surface area contributed by atoms with Crippen LogP contribution in [0.2, 0.25) is 0 Å². The van der Waals surface area contributed by atoms with E-state index in [9.17, 15) is 0 Å². The van der Waals surface area contributed by atoms with Gasteiger partial charge in [-0.1, -0.05) is 13.8 Å². The largest absolute Gasteiger partial charge is 0.381 e. The van der Waals surface area contributed by atoms with Crippen LogP contribution >= 0.6 is 0 Å². The topological polar surface area (TPSA) is 39.1 Å². The highest BCUT2D eigenvalue weighted by atomic mass is 16.5. The second-order valence-electron chi connectivity index (χ2n) is 5.44. The van der Waals surface area contributed by atoms with Gasteiger partial charge >= 0.3 is 0 Å². The number of hydrogen-bond acceptors (Lipinski definition) is 3. The highest BCUT2D eigenvalue weighted by Gasteiger charge is 2.23. The quantitative estimate of drug-likeness (QED) is 0.858. The molecular formula is C15H27N3O. The second kappa shape index (κ2) is 6.53. The first-order valence-electron chi connectivity index (χ1n) is 7.54. The lowest BCUT2D eigenvalue weighted by molar-refractivity contribution is 0.181. The summed E-state index contributed by atoms with van der Waals surface area (Å²) in [5, 5.41) is 8.21. The van der Waals surface area contributed by atoms with Gasteiger partial charge in [0, 0.05) is 36.4 Å². The number of aryl methyl sites for hydroxylation is 1. The normalized spacial score (nSPS) is 20.9. The van der Waals surface area contributed by atoms with Crippen LogP contribution < -0.4 is 5.32 Å². The third-order valence-corrected chi connectivity index (χ3v) is 4.17. The minimum absolute atomic E-state index is 0.374. The molecule has 1 aliphatic heterocycles. The Balaban J connectivity index is 2.29. The van der Waals surface area contributed by atoms with Crippen LogP contribution in [-0.4, -0.2) is 30.0 Å². The SMILES string of the molecule is CCc1nn(CC2CCOC2)c(CC)c1C(C)NC. The van der Waals surface area contributed by atoms with Crippen molar-refractivity contribution in [2.45, 2.75) is 52.6 Å². The molecule has 4 nitrogen and oxygen atoms in total. The van der Waals surface area contributed by atoms with Crippen LogP contribution in [0.1, 0.15) is 50.2 Å². The maximum atomic E-state index is 5.48. The number of nitrogens with zero attached hydrogens (tertiary/aromatic N) is 2. The monoisotopic (exact) mass is 265 g/mol. The van der Waals surface area contributed by atoms with Crippen LogP contribution in [0.4, 0.5) is 0 Å². The summed E-state index contributed by atoms with van der Waals surface area (Å²) in [5.74, 6) is 0.632. The van der Waals surface area contributed by atoms with E-state index in [2.05, 4.69) is 30.8 Å². The molecule has 1 fully saturated rings. The van der Waals surface area contributed by atoms with E-state index < -0.39 is 0 Å². The lowest BCUT2D eigenvalue weighted by Gasteiger charge is -2.15. The molecule has 1 aromatic heterocycles. The molecule has 19 heavy (non-hydrogen) atoms. The second-order valence-corrected chi connectivity index (χ2v) is 5.44. The number of aromatic nitrogens is 2. The van der Waals surface area contributed by atoms with Crippen molar-refractivity contribution in [3.63, 3.8) is 0 Å². The van der Waals surface area contributed by atoms with Crippen molar-refractivity contribution in [3.05, 3.63) is 17.0 Å². The lowest BCUT2D eigenvalue weighted by atomic mass is 10.0. The van der Waals surface area contributed by atoms with Crippen LogP contribution in [0, 0.1) is 5.92 Å². The molecule has 108 valence electrons. The summed E-state index contributed by atoms with van der Waals surface area (Å²) in [6.07, 6.45) is 3.21. The van der Waals surface area contributed by atoms with Crippen LogP contribution in [0.15, 0.2) is 0 Å². The van der Waals surface area contributed by atoms with Crippen molar-refractivity contribution in [1.82, 2.24) is 15.1 Å². The highest BCUT2D eigenvalue weighted by molar-refractivity contribution is 5.30. The Morgan fingerprint density at radius 3 is 2.74 bits per heavy atom. The molecule has 0 aromatic carbocycles. The van der Waals surface area contributed by atoms with Gasteiger partial charge in [-0.2, -0.15) is 5.10 Å². The fourth-order valence-electron chi connectivity index (χ4n) is 2.97. The van der Waals surface area contributed by atoms with E-state index in [0.29, 0.717) is 12.0 Å². The van der Waals surface area contributed by atoms with Crippen molar-refractivity contribution in [3.8, 4) is 0 Å². The molecule has 0 aliphatic carbocycles. The van der Waals surface area contributed by atoms with Gasteiger partial charge < -0.3 is 10.1 Å². The number of nitrogens with one attached hydrogen (secondary N) is 1. The number of rotatable bonds is 6. The fraction of sp³-hybridized carbons (Fsp3) is 0.800. The summed E-state index contributed by atoms with van der Waals surface area (Å²) in [4.78, 5) is 0. The smallest absolute Gasteiger partial charge is 0.0672 e. The van der Waals surface area contributed by atoms with Crippen LogP contribution in [0.25, 0.3) is 0 Å². The van der Waals surface area contributed by atoms with E-state index in [-0.39, 0.29) is 0 Å². The summed E-state index contributed by atoms with van der Waals surface area (Å²) in [6.45, 7) is 9.45. The molecule has 0 spiro atoms. The minimum Gasteiger partial charge on any atom is -0.381 e. The molecule has 1 saturated heterocycles. The molecule has 2 unspecified atom stereocenters. The molecule has 2 heterocycles. The average Bonchev–Trinajstić information content (AvgIpc) is 3.05. The van der Waals surface area contributed by atoms with Crippen molar-refractivity contribution < 1.29 is 4.74 Å². The third kappa shape index (κ3) is 3.00. The van der Waals surface area contributed by atoms with Gasteiger partial charge in [-0.25, -0.2) is 0 Å². The predicted molar refractivity (Wildman–Crippen MR) is 77.4 cm³/mol. The van der Waals surface area contributed by atoms with E-state index in [1.807, 2.05) is 7.05 Å². The van der Waals surface area contributed by atoms with E-state index in [4.69, 9.17) is 9.84 Å². The Morgan fingerprint density at radius 2 is 2.21 bits per heavy atom. The maximum Gasteiger partial charge on any atom is 0.0672 e. The average molecular weight is 265 g/mol. The van der Waals surface area contributed by atoms with Gasteiger partial charge in [0.15, 0.2) is 0 Å². The van der Waals surface area contributed by atoms with Crippen LogP contribution in [-0.2, 0) is 24.1 Å². The Labute approximate surface area is 116 Å². The summed E-state index contributed by atoms with van der Waals surface area (Å²) in [5.41, 5.74) is 4.05. The Hall–Kier alpha value is -0.870. The molecule has 0 amide bonds. The van der Waals surface area contributed by atoms with Gasteiger partial charge in [0.05, 0.1) is 12.3 Å². The van der Waals surface area contributed by atoms with E-state index in [1.54, 1.807) is 0 Å². The predicted octanol–water partition coefficient (Wildman–Crippen LogP) is 2.32. The van der Waals surface area contributed by atoms with Gasteiger partial charge in [-0.15, -0.1) is 0 Å². The van der Waals surface area contributed by atoms with Crippen molar-refractivity contribution in [1.29, 1.82) is 0 Å². The zero-order chi connectivity index (χ0) is 13.8. The molecule has 0 radical (unpaired) electrons. The molecular weight excluding hydrogens is 238 g/mol. The Kier molecular flexibility index (Phi) is 4.99. The molecule has 1 N–H and O–H groups in total. The first-order chi connectivity index (χ1) is 9.21. The zero-order valence-corrected chi connectivity index (χ0v) is 12.7. The maximum absolute atomic E-state index is 5.48. The zero-order valence-electron chi connectivity index (χ0n) is 12.7. The van der Waals surface area contributed by atoms with E-state index >= 15 is 0 Å². The van der Waals surface area contributed by atoms with Crippen molar-refractivity contribution in [2.24, 2.45) is 5.92 Å². The first kappa shape index (κ1) is 14.5. The molecule has 0 saturated carbocycles. The Bertz CT molecular complexity index is 408. The van der Waals surface area contributed by atoms with Crippen molar-refractivity contribution in [2.75, 3.05) is 20.3 Å². The standard InChI is InChI=1S/C15H27N3O/c1-5-13-15(11(3)16-4)14(6-2)18(17-13)9-12-7-8-19-10-12/h11-12,16H,5-10H2,1-4H3. The molecule has 0 bridgehead atoms. The van der Waals surface area contributed by atoms with Crippen LogP contribution in [0.3, 0.4) is 0 Å². The van der Waals surface area contributed by atoms with E-state index in [0.717, 1.165) is 32.6 Å². The molecule has 2 atom stereocenters. The van der Waals surface area contributed by atoms with Gasteiger partial charge in [-0.05, 0) is 33.2 Å². The van der Waals surface area contributed by atoms with Crippen LogP contribution in [0.5, 0.6) is 0 Å². The van der Waals surface area contributed by atoms with Gasteiger partial charge in [0.1, 0.15) is 0 Å². The Morgan fingerprint density at radius 1 is 1.42 bits per heavy atom. The summed E-state index contributed by atoms with van der Waals surface area (Å²) in [6, 6.07) is 0.374. The molecule has 1 aromatic rings. The molecule has 1 aliphatic rings. The van der Waals surface area contributed by atoms with Crippen molar-refractivity contribution >= 4 is 0 Å². The number of hydrogen-bond donors (Lipinski definition) is 1. The van der Waals surface area contributed by atoms with Gasteiger partial charge in [0.25, 0.3) is 0 Å². The first-order valence-corrected chi connectivity index (χ1v) is 7.54. The van der Waals surface area contributed by atoms with Gasteiger partial charge in [0.2, 0.25) is 0 Å². The minimum atomic E-state index is 0.374. The number of ether oxygens (including phenoxy) is 1. The fourth-order valence-corrected chi connectivity index (χ4v) is 2.97. The van der Waals surface area contributed by atoms with E-state index in [1.165, 1.54) is 23.4 Å². The molecule has 2 rings (SSSR count).